The van der Waals surface area contributed by atoms with Crippen molar-refractivity contribution >= 4 is 0 Å². The van der Waals surface area contributed by atoms with E-state index in [1.165, 1.54) is 11.3 Å². The number of nitrogens with one attached hydrogen (secondary N) is 1. The summed E-state index contributed by atoms with van der Waals surface area (Å²) in [6.45, 7) is 6.40. The summed E-state index contributed by atoms with van der Waals surface area (Å²) in [5.74, 6) is 0. The van der Waals surface area contributed by atoms with Crippen LogP contribution in [0.2, 0.25) is 0 Å². The van der Waals surface area contributed by atoms with Crippen molar-refractivity contribution in [3.05, 3.63) is 17.5 Å². The van der Waals surface area contributed by atoms with Gasteiger partial charge in [0.1, 0.15) is 0 Å². The Morgan fingerprint density at radius 1 is 1.60 bits per heavy atom. The van der Waals surface area contributed by atoms with Crippen molar-refractivity contribution in [2.45, 2.75) is 39.3 Å². The normalized spacial score (nSPS) is 15.3. The number of aryl methyl sites for hydroxylation is 1. The van der Waals surface area contributed by atoms with Gasteiger partial charge in [0.25, 0.3) is 0 Å². The van der Waals surface area contributed by atoms with E-state index in [2.05, 4.69) is 31.2 Å². The summed E-state index contributed by atoms with van der Waals surface area (Å²) >= 11 is 0. The van der Waals surface area contributed by atoms with Gasteiger partial charge in [-0.2, -0.15) is 5.10 Å². The Hall–Kier alpha value is -0.870. The van der Waals surface area contributed by atoms with E-state index in [-0.39, 0.29) is 18.7 Å². The van der Waals surface area contributed by atoms with Crippen LogP contribution in [0.15, 0.2) is 6.20 Å². The largest absolute Gasteiger partial charge is 0.395 e. The molecule has 15 heavy (non-hydrogen) atoms. The fourth-order valence-corrected chi connectivity index (χ4v) is 1.68. The topological polar surface area (TPSA) is 50.1 Å². The lowest BCUT2D eigenvalue weighted by molar-refractivity contribution is 0.230. The van der Waals surface area contributed by atoms with Crippen molar-refractivity contribution in [1.82, 2.24) is 15.1 Å². The van der Waals surface area contributed by atoms with Crippen molar-refractivity contribution in [1.29, 1.82) is 0 Å². The van der Waals surface area contributed by atoms with Gasteiger partial charge in [-0.1, -0.05) is 6.92 Å². The highest BCUT2D eigenvalue weighted by Gasteiger charge is 2.14. The molecule has 0 fully saturated rings. The Labute approximate surface area is 91.3 Å². The lowest BCUT2D eigenvalue weighted by Gasteiger charge is -2.20. The number of aromatic nitrogens is 2. The number of nitrogens with zero attached hydrogens (tertiary/aromatic N) is 2. The van der Waals surface area contributed by atoms with E-state index in [1.54, 1.807) is 0 Å². The molecule has 2 atom stereocenters. The lowest BCUT2D eigenvalue weighted by Crippen LogP contribution is -2.34. The minimum Gasteiger partial charge on any atom is -0.395 e. The van der Waals surface area contributed by atoms with Crippen LogP contribution in [0.3, 0.4) is 0 Å². The minimum absolute atomic E-state index is 0.166. The summed E-state index contributed by atoms with van der Waals surface area (Å²) in [5.41, 5.74) is 2.37. The summed E-state index contributed by atoms with van der Waals surface area (Å²) in [5, 5.41) is 16.7. The highest BCUT2D eigenvalue weighted by molar-refractivity contribution is 5.19. The summed E-state index contributed by atoms with van der Waals surface area (Å²) < 4.78 is 1.87. The van der Waals surface area contributed by atoms with E-state index in [9.17, 15) is 0 Å². The smallest absolute Gasteiger partial charge is 0.0584 e. The maximum Gasteiger partial charge on any atom is 0.0584 e. The number of aliphatic hydroxyl groups excluding tert-OH is 1. The van der Waals surface area contributed by atoms with Crippen LogP contribution < -0.4 is 5.32 Å². The maximum absolute atomic E-state index is 9.11. The van der Waals surface area contributed by atoms with Crippen LogP contribution in [0.4, 0.5) is 0 Å². The van der Waals surface area contributed by atoms with E-state index in [0.717, 1.165) is 6.42 Å². The van der Waals surface area contributed by atoms with Gasteiger partial charge in [0.2, 0.25) is 0 Å². The predicted octanol–water partition coefficient (Wildman–Crippen LogP) is 1.15. The van der Waals surface area contributed by atoms with E-state index in [0.29, 0.717) is 0 Å². The van der Waals surface area contributed by atoms with Gasteiger partial charge in [-0.3, -0.25) is 4.68 Å². The predicted molar refractivity (Wildman–Crippen MR) is 60.7 cm³/mol. The molecule has 0 saturated heterocycles. The molecule has 4 nitrogen and oxygen atoms in total. The third-order valence-electron chi connectivity index (χ3n) is 2.94. The molecule has 0 saturated carbocycles. The first kappa shape index (κ1) is 12.2. The number of hydrogen-bond acceptors (Lipinski definition) is 3. The molecule has 1 rings (SSSR count). The first-order valence-corrected chi connectivity index (χ1v) is 5.45. The highest BCUT2D eigenvalue weighted by Crippen LogP contribution is 2.16. The lowest BCUT2D eigenvalue weighted by atomic mass is 10.1. The zero-order chi connectivity index (χ0) is 11.4. The van der Waals surface area contributed by atoms with Crippen LogP contribution in [0.5, 0.6) is 0 Å². The van der Waals surface area contributed by atoms with Crippen molar-refractivity contribution in [3.63, 3.8) is 0 Å². The fourth-order valence-electron chi connectivity index (χ4n) is 1.68. The Bertz CT molecular complexity index is 305. The fraction of sp³-hybridized carbons (Fsp3) is 0.727. The summed E-state index contributed by atoms with van der Waals surface area (Å²) in [6, 6.07) is 0.399. The zero-order valence-electron chi connectivity index (χ0n) is 9.99. The second-order valence-electron chi connectivity index (χ2n) is 3.99. The molecular weight excluding hydrogens is 190 g/mol. The molecule has 0 aliphatic rings. The molecule has 2 N–H and O–H groups in total. The Balaban J connectivity index is 2.68. The van der Waals surface area contributed by atoms with Gasteiger partial charge in [0, 0.05) is 30.4 Å². The monoisotopic (exact) mass is 211 g/mol. The van der Waals surface area contributed by atoms with Gasteiger partial charge >= 0.3 is 0 Å². The van der Waals surface area contributed by atoms with E-state index in [1.807, 2.05) is 17.9 Å². The van der Waals surface area contributed by atoms with Gasteiger partial charge in [-0.15, -0.1) is 0 Å². The van der Waals surface area contributed by atoms with Gasteiger partial charge < -0.3 is 10.4 Å². The van der Waals surface area contributed by atoms with Crippen molar-refractivity contribution in [2.24, 2.45) is 7.05 Å². The van der Waals surface area contributed by atoms with Crippen LogP contribution in [0.25, 0.3) is 0 Å². The molecule has 0 aliphatic heterocycles. The first-order valence-electron chi connectivity index (χ1n) is 5.45. The minimum atomic E-state index is 0.166. The molecule has 1 aromatic heterocycles. The Kier molecular flexibility index (Phi) is 4.29. The molecule has 0 aliphatic carbocycles. The molecule has 0 radical (unpaired) electrons. The second kappa shape index (κ2) is 5.28. The standard InChI is InChI=1S/C11H21N3O/c1-5-10(7-15)13-8(2)11-6-12-14(4)9(11)3/h6,8,10,13,15H,5,7H2,1-4H3/t8?,10-/m1/s1. The van der Waals surface area contributed by atoms with E-state index < -0.39 is 0 Å². The van der Waals surface area contributed by atoms with Crippen molar-refractivity contribution < 1.29 is 5.11 Å². The summed E-state index contributed by atoms with van der Waals surface area (Å²) in [4.78, 5) is 0. The third-order valence-corrected chi connectivity index (χ3v) is 2.94. The SMILES string of the molecule is CC[C@H](CO)NC(C)c1cnn(C)c1C. The second-order valence-corrected chi connectivity index (χ2v) is 3.99. The number of rotatable bonds is 5. The van der Waals surface area contributed by atoms with Crippen molar-refractivity contribution in [3.8, 4) is 0 Å². The summed E-state index contributed by atoms with van der Waals surface area (Å²) in [6.07, 6.45) is 2.82. The number of aliphatic hydroxyl groups is 1. The maximum atomic E-state index is 9.11. The van der Waals surface area contributed by atoms with Gasteiger partial charge in [0.15, 0.2) is 0 Å². The van der Waals surface area contributed by atoms with Crippen LogP contribution in [0, 0.1) is 6.92 Å². The molecule has 0 aromatic carbocycles. The Morgan fingerprint density at radius 3 is 2.67 bits per heavy atom. The van der Waals surface area contributed by atoms with Crippen molar-refractivity contribution in [2.75, 3.05) is 6.61 Å². The first-order chi connectivity index (χ1) is 7.10. The highest BCUT2D eigenvalue weighted by atomic mass is 16.3. The molecular formula is C11H21N3O. The molecule has 0 bridgehead atoms. The molecule has 1 unspecified atom stereocenters. The van der Waals surface area contributed by atoms with Crippen LogP contribution in [0.1, 0.15) is 37.6 Å². The van der Waals surface area contributed by atoms with Gasteiger partial charge in [0.05, 0.1) is 12.8 Å². The molecule has 86 valence electrons. The van der Waals surface area contributed by atoms with E-state index in [4.69, 9.17) is 5.11 Å². The molecule has 1 aromatic rings. The van der Waals surface area contributed by atoms with Crippen LogP contribution >= 0.6 is 0 Å². The Morgan fingerprint density at radius 2 is 2.27 bits per heavy atom. The average Bonchev–Trinajstić information content (AvgIpc) is 2.56. The molecule has 0 amide bonds. The molecule has 0 spiro atoms. The van der Waals surface area contributed by atoms with Gasteiger partial charge in [-0.05, 0) is 20.3 Å². The molecule has 4 heteroatoms. The average molecular weight is 211 g/mol. The molecule has 1 heterocycles. The number of hydrogen-bond donors (Lipinski definition) is 2. The summed E-state index contributed by atoms with van der Waals surface area (Å²) in [7, 11) is 1.94. The zero-order valence-corrected chi connectivity index (χ0v) is 9.99. The third kappa shape index (κ3) is 2.79. The van der Waals surface area contributed by atoms with E-state index >= 15 is 0 Å². The van der Waals surface area contributed by atoms with Crippen LogP contribution in [-0.4, -0.2) is 27.5 Å². The quantitative estimate of drug-likeness (QED) is 0.768. The van der Waals surface area contributed by atoms with Crippen LogP contribution in [-0.2, 0) is 7.05 Å². The van der Waals surface area contributed by atoms with Gasteiger partial charge in [-0.25, -0.2) is 0 Å².